The van der Waals surface area contributed by atoms with Gasteiger partial charge in [0.2, 0.25) is 0 Å². The molecule has 6 rings (SSSR count). The van der Waals surface area contributed by atoms with E-state index in [0.29, 0.717) is 65.0 Å². The SMILES string of the molecule is CC(C)(C)C1CC(C(C)(C)C)C1.CC(C)(C)C1CC1C(C)(C)C.CC(C)(C)C1CCC(C(C)(C)C)C1.CC(C)(C)C1CCC(C(C)(C)C)CC1.CC(C)(C)C1CCCC(C(C)(C)C)C1.CC(C)(C)C1CCCC(C(C)(C)C)CC1. The Hall–Kier alpha value is 0. The lowest BCUT2D eigenvalue weighted by molar-refractivity contribution is 0.0110. The van der Waals surface area contributed by atoms with Crippen LogP contribution in [0.25, 0.3) is 0 Å². The van der Waals surface area contributed by atoms with Crippen molar-refractivity contribution in [1.29, 1.82) is 0 Å². The first-order chi connectivity index (χ1) is 34.8. The van der Waals surface area contributed by atoms with Gasteiger partial charge in [0, 0.05) is 0 Å². The lowest BCUT2D eigenvalue weighted by Gasteiger charge is -2.49. The molecule has 0 bridgehead atoms. The highest BCUT2D eigenvalue weighted by Gasteiger charge is 2.50. The van der Waals surface area contributed by atoms with Gasteiger partial charge in [-0.3, -0.25) is 0 Å². The molecule has 8 unspecified atom stereocenters. The molecular formula is C79H158. The summed E-state index contributed by atoms with van der Waals surface area (Å²) in [4.78, 5) is 0. The van der Waals surface area contributed by atoms with Crippen LogP contribution in [0.3, 0.4) is 0 Å². The van der Waals surface area contributed by atoms with Crippen molar-refractivity contribution in [2.45, 2.75) is 371 Å². The van der Waals surface area contributed by atoms with E-state index in [1.165, 1.54) is 122 Å². The van der Waals surface area contributed by atoms with Crippen molar-refractivity contribution < 1.29 is 0 Å². The fraction of sp³-hybridized carbons (Fsp3) is 1.00. The van der Waals surface area contributed by atoms with Crippen LogP contribution in [-0.4, -0.2) is 0 Å². The van der Waals surface area contributed by atoms with E-state index in [1.807, 2.05) is 0 Å². The zero-order valence-electron chi connectivity index (χ0n) is 62.4. The molecule has 0 radical (unpaired) electrons. The highest BCUT2D eigenvalue weighted by Crippen LogP contribution is 2.58. The van der Waals surface area contributed by atoms with Gasteiger partial charge >= 0.3 is 0 Å². The molecule has 0 heterocycles. The molecule has 79 heavy (non-hydrogen) atoms. The Morgan fingerprint density at radius 1 is 0.139 bits per heavy atom. The van der Waals surface area contributed by atoms with Gasteiger partial charge in [-0.05, 0) is 245 Å². The Morgan fingerprint density at radius 2 is 0.278 bits per heavy atom. The van der Waals surface area contributed by atoms with Gasteiger partial charge in [0.1, 0.15) is 0 Å². The summed E-state index contributed by atoms with van der Waals surface area (Å²) in [6, 6.07) is 0. The van der Waals surface area contributed by atoms with E-state index in [0.717, 1.165) is 71.0 Å². The van der Waals surface area contributed by atoms with Gasteiger partial charge in [0.15, 0.2) is 0 Å². The van der Waals surface area contributed by atoms with Gasteiger partial charge in [-0.25, -0.2) is 0 Å². The predicted molar refractivity (Wildman–Crippen MR) is 363 cm³/mol. The van der Waals surface area contributed by atoms with E-state index in [2.05, 4.69) is 249 Å². The Kier molecular flexibility index (Phi) is 28.0. The largest absolute Gasteiger partial charge is 0.0599 e. The monoisotopic (exact) mass is 1110 g/mol. The number of hydrogen-bond donors (Lipinski definition) is 0. The van der Waals surface area contributed by atoms with Gasteiger partial charge < -0.3 is 0 Å². The van der Waals surface area contributed by atoms with Crippen LogP contribution in [0, 0.1) is 136 Å². The van der Waals surface area contributed by atoms with Gasteiger partial charge in [-0.1, -0.05) is 262 Å². The molecule has 0 saturated heterocycles. The fourth-order valence-electron chi connectivity index (χ4n) is 15.3. The molecule has 0 N–H and O–H groups in total. The van der Waals surface area contributed by atoms with Crippen LogP contribution in [0.2, 0.25) is 0 Å². The van der Waals surface area contributed by atoms with Crippen molar-refractivity contribution in [3.63, 3.8) is 0 Å². The summed E-state index contributed by atoms with van der Waals surface area (Å²) in [6.45, 7) is 86.1. The van der Waals surface area contributed by atoms with Crippen molar-refractivity contribution in [2.75, 3.05) is 0 Å². The van der Waals surface area contributed by atoms with Gasteiger partial charge in [0.25, 0.3) is 0 Å². The van der Waals surface area contributed by atoms with Crippen molar-refractivity contribution in [1.82, 2.24) is 0 Å². The first-order valence-electron chi connectivity index (χ1n) is 34.8. The molecule has 0 aromatic carbocycles. The average Bonchev–Trinajstić information content (AvgIpc) is 3.95. The van der Waals surface area contributed by atoms with E-state index in [9.17, 15) is 0 Å². The highest BCUT2D eigenvalue weighted by atomic mass is 14.6. The third kappa shape index (κ3) is 28.4. The van der Waals surface area contributed by atoms with Crippen LogP contribution in [0.1, 0.15) is 371 Å². The first-order valence-corrected chi connectivity index (χ1v) is 34.8. The molecule has 0 aromatic rings. The van der Waals surface area contributed by atoms with Crippen LogP contribution in [0.4, 0.5) is 0 Å². The van der Waals surface area contributed by atoms with Crippen molar-refractivity contribution in [2.24, 2.45) is 136 Å². The summed E-state index contributed by atoms with van der Waals surface area (Å²) in [5.74, 6) is 11.5. The molecule has 0 spiro atoms. The van der Waals surface area contributed by atoms with Crippen LogP contribution >= 0.6 is 0 Å². The van der Waals surface area contributed by atoms with Crippen molar-refractivity contribution in [3.05, 3.63) is 0 Å². The lowest BCUT2D eigenvalue weighted by Crippen LogP contribution is -2.40. The molecule has 6 aliphatic rings. The smallest absolute Gasteiger partial charge is 0.0329 e. The summed E-state index contributed by atoms with van der Waals surface area (Å²) in [5, 5.41) is 0. The van der Waals surface area contributed by atoms with Gasteiger partial charge in [-0.15, -0.1) is 0 Å². The highest BCUT2D eigenvalue weighted by molar-refractivity contribution is 5.00. The summed E-state index contributed by atoms with van der Waals surface area (Å²) in [5.41, 5.74) is 6.36. The van der Waals surface area contributed by atoms with E-state index in [-0.39, 0.29) is 0 Å². The first kappa shape index (κ1) is 77.0. The maximum Gasteiger partial charge on any atom is -0.0329 e. The average molecular weight is 1110 g/mol. The topological polar surface area (TPSA) is 0 Å². The molecule has 0 aromatic heterocycles. The van der Waals surface area contributed by atoms with E-state index in [1.54, 1.807) is 0 Å². The Balaban J connectivity index is 0.000000475. The van der Waals surface area contributed by atoms with E-state index in [4.69, 9.17) is 0 Å². The molecule has 0 heteroatoms. The second-order valence-corrected chi connectivity index (χ2v) is 41.9. The quantitative estimate of drug-likeness (QED) is 0.212. The minimum absolute atomic E-state index is 0.518. The van der Waals surface area contributed by atoms with Gasteiger partial charge in [-0.2, -0.15) is 0 Å². The summed E-state index contributed by atoms with van der Waals surface area (Å²) in [7, 11) is 0. The molecule has 0 nitrogen and oxygen atoms in total. The molecule has 6 aliphatic carbocycles. The van der Waals surface area contributed by atoms with E-state index >= 15 is 0 Å². The van der Waals surface area contributed by atoms with Crippen molar-refractivity contribution in [3.8, 4) is 0 Å². The Labute approximate surface area is 504 Å². The van der Waals surface area contributed by atoms with Crippen molar-refractivity contribution >= 4 is 0 Å². The number of hydrogen-bond acceptors (Lipinski definition) is 0. The normalized spacial score (nSPS) is 30.8. The van der Waals surface area contributed by atoms with Crippen LogP contribution < -0.4 is 0 Å². The van der Waals surface area contributed by atoms with Gasteiger partial charge in [0.05, 0.1) is 0 Å². The molecular weight excluding hydrogens is 949 g/mol. The summed E-state index contributed by atoms with van der Waals surface area (Å²) < 4.78 is 0. The third-order valence-electron chi connectivity index (χ3n) is 23.2. The number of rotatable bonds is 0. The lowest BCUT2D eigenvalue weighted by atomic mass is 9.56. The molecule has 0 aliphatic heterocycles. The van der Waals surface area contributed by atoms with Crippen LogP contribution in [0.5, 0.6) is 0 Å². The second kappa shape index (κ2) is 28.7. The second-order valence-electron chi connectivity index (χ2n) is 41.9. The molecule has 6 fully saturated rings. The predicted octanol–water partition coefficient (Wildman–Crippen LogP) is 27.4. The van der Waals surface area contributed by atoms with Crippen LogP contribution in [-0.2, 0) is 0 Å². The molecule has 8 atom stereocenters. The van der Waals surface area contributed by atoms with Crippen LogP contribution in [0.15, 0.2) is 0 Å². The summed E-state index contributed by atoms with van der Waals surface area (Å²) >= 11 is 0. The zero-order valence-corrected chi connectivity index (χ0v) is 62.4. The minimum atomic E-state index is 0.518. The zero-order chi connectivity index (χ0) is 62.4. The molecule has 6 saturated carbocycles. The third-order valence-corrected chi connectivity index (χ3v) is 23.2. The van der Waals surface area contributed by atoms with E-state index < -0.39 is 0 Å². The molecule has 0 amide bonds. The standard InChI is InChI=1S/C15H30.2C14H28.C13H26.C12H24.C11H22/c1-14(2,3)12-8-7-9-13(11-10-12)15(4,5)6;1-13(2,3)11-7-9-12(10-8-11)14(4,5)6;1-13(2,3)11-8-7-9-12(10-11)14(4,5)6;1-12(2,3)10-7-8-11(9-10)13(4,5)6;1-11(2,3)9-7-10(8-9)12(4,5)6;1-10(2,3)8-7-9(8)11(4,5)6/h12-13H,7-11H2,1-6H3;2*11-12H,7-10H2,1-6H3;10-11H,7-9H2,1-6H3;9-10H,7-8H2,1-6H3;8-9H,7H2,1-6H3. The fourth-order valence-corrected chi connectivity index (χ4v) is 15.3. The maximum absolute atomic E-state index is 2.41. The Morgan fingerprint density at radius 3 is 0.430 bits per heavy atom. The summed E-state index contributed by atoms with van der Waals surface area (Å²) in [6.07, 6.45) is 27.6. The Bertz CT molecular complexity index is 1530. The molecule has 474 valence electrons. The minimum Gasteiger partial charge on any atom is -0.0599 e. The maximum atomic E-state index is 2.41.